The molecule has 2 saturated heterocycles. The molecule has 1 spiro atoms. The van der Waals surface area contributed by atoms with Gasteiger partial charge in [0, 0.05) is 31.1 Å². The molecule has 128 valence electrons. The minimum atomic E-state index is -0.491. The molecule has 1 aliphatic carbocycles. The second-order valence-electron chi connectivity index (χ2n) is 7.65. The first kappa shape index (κ1) is 14.9. The second kappa shape index (κ2) is 4.81. The van der Waals surface area contributed by atoms with E-state index in [1.54, 1.807) is 11.8 Å². The summed E-state index contributed by atoms with van der Waals surface area (Å²) >= 11 is 0. The first-order valence-corrected chi connectivity index (χ1v) is 8.95. The Morgan fingerprint density at radius 2 is 2.12 bits per heavy atom. The van der Waals surface area contributed by atoms with Crippen LogP contribution in [0.1, 0.15) is 31.7 Å². The summed E-state index contributed by atoms with van der Waals surface area (Å²) in [5.41, 5.74) is 2.07. The largest absolute Gasteiger partial charge is 0.338 e. The van der Waals surface area contributed by atoms with Gasteiger partial charge in [-0.15, -0.1) is 0 Å². The van der Waals surface area contributed by atoms with Crippen LogP contribution in [0.15, 0.2) is 35.9 Å². The Hall–Kier alpha value is -2.43. The van der Waals surface area contributed by atoms with Crippen LogP contribution in [0.5, 0.6) is 0 Å². The lowest BCUT2D eigenvalue weighted by atomic mass is 9.60. The van der Waals surface area contributed by atoms with E-state index < -0.39 is 5.41 Å². The standard InChI is InChI=1S/C20H20N2O3/c1-12(24)22-16-7-3-2-6-15(16)20-10-17(25)21-8-4-5-13(18(20)21)9-14(11-23)19(20)22/h2-3,6-7,9,11,13,18-19H,4-5,8,10H2,1H3/t13-,18-,19-,20+/m1/s1. The van der Waals surface area contributed by atoms with E-state index in [1.807, 2.05) is 35.2 Å². The van der Waals surface area contributed by atoms with Crippen LogP contribution >= 0.6 is 0 Å². The summed E-state index contributed by atoms with van der Waals surface area (Å²) < 4.78 is 0. The SMILES string of the molecule is CC(=O)N1c2ccccc2[C@]23CC(=O)N4CCC[C@H](C=C(C=O)[C@@H]12)[C@@H]43. The predicted octanol–water partition coefficient (Wildman–Crippen LogP) is 1.81. The van der Waals surface area contributed by atoms with Crippen molar-refractivity contribution in [1.29, 1.82) is 0 Å². The highest BCUT2D eigenvalue weighted by Crippen LogP contribution is 2.60. The summed E-state index contributed by atoms with van der Waals surface area (Å²) in [6.07, 6.45) is 5.26. The number of aldehydes is 1. The lowest BCUT2D eigenvalue weighted by Gasteiger charge is -2.49. The zero-order valence-corrected chi connectivity index (χ0v) is 14.1. The fourth-order valence-corrected chi connectivity index (χ4v) is 5.94. The molecule has 3 aliphatic heterocycles. The van der Waals surface area contributed by atoms with Crippen molar-refractivity contribution in [1.82, 2.24) is 4.90 Å². The summed E-state index contributed by atoms with van der Waals surface area (Å²) in [6, 6.07) is 7.55. The van der Waals surface area contributed by atoms with Gasteiger partial charge in [0.05, 0.1) is 17.5 Å². The molecule has 25 heavy (non-hydrogen) atoms. The average Bonchev–Trinajstić information content (AvgIpc) is 3.08. The Kier molecular flexibility index (Phi) is 2.86. The van der Waals surface area contributed by atoms with E-state index in [9.17, 15) is 14.4 Å². The number of piperidine rings is 1. The number of nitrogens with zero attached hydrogens (tertiary/aromatic N) is 2. The van der Waals surface area contributed by atoms with Gasteiger partial charge in [0.15, 0.2) is 0 Å². The maximum atomic E-state index is 12.9. The van der Waals surface area contributed by atoms with Crippen molar-refractivity contribution in [3.63, 3.8) is 0 Å². The lowest BCUT2D eigenvalue weighted by Crippen LogP contribution is -2.60. The monoisotopic (exact) mass is 336 g/mol. The highest BCUT2D eigenvalue weighted by atomic mass is 16.2. The van der Waals surface area contributed by atoms with E-state index in [2.05, 4.69) is 0 Å². The van der Waals surface area contributed by atoms with Crippen LogP contribution in [0, 0.1) is 5.92 Å². The molecule has 5 rings (SSSR count). The maximum absolute atomic E-state index is 12.9. The molecule has 4 atom stereocenters. The molecule has 0 bridgehead atoms. The van der Waals surface area contributed by atoms with Gasteiger partial charge >= 0.3 is 0 Å². The van der Waals surface area contributed by atoms with Gasteiger partial charge in [0.1, 0.15) is 6.29 Å². The number of anilines is 1. The number of para-hydroxylation sites is 1. The van der Waals surface area contributed by atoms with Crippen molar-refractivity contribution in [3.05, 3.63) is 41.5 Å². The van der Waals surface area contributed by atoms with Crippen molar-refractivity contribution in [3.8, 4) is 0 Å². The maximum Gasteiger partial charge on any atom is 0.224 e. The number of hydrogen-bond donors (Lipinski definition) is 0. The highest BCUT2D eigenvalue weighted by Gasteiger charge is 2.67. The van der Waals surface area contributed by atoms with Crippen molar-refractivity contribution in [2.24, 2.45) is 5.92 Å². The number of carbonyl (C=O) groups excluding carboxylic acids is 3. The van der Waals surface area contributed by atoms with Gasteiger partial charge in [0.25, 0.3) is 0 Å². The molecule has 3 heterocycles. The molecule has 5 heteroatoms. The normalized spacial score (nSPS) is 35.0. The molecule has 5 nitrogen and oxygen atoms in total. The van der Waals surface area contributed by atoms with E-state index in [0.717, 1.165) is 36.9 Å². The first-order valence-electron chi connectivity index (χ1n) is 8.95. The van der Waals surface area contributed by atoms with Crippen LogP contribution in [-0.4, -0.2) is 41.6 Å². The molecule has 4 aliphatic rings. The molecule has 1 aromatic carbocycles. The fourth-order valence-electron chi connectivity index (χ4n) is 5.94. The third-order valence-corrected chi connectivity index (χ3v) is 6.58. The van der Waals surface area contributed by atoms with E-state index >= 15 is 0 Å². The van der Waals surface area contributed by atoms with Crippen LogP contribution < -0.4 is 4.90 Å². The zero-order chi connectivity index (χ0) is 17.3. The van der Waals surface area contributed by atoms with E-state index in [0.29, 0.717) is 12.0 Å². The molecular formula is C20H20N2O3. The number of carbonyl (C=O) groups is 3. The number of benzene rings is 1. The van der Waals surface area contributed by atoms with Gasteiger partial charge in [-0.1, -0.05) is 24.3 Å². The molecule has 0 saturated carbocycles. The van der Waals surface area contributed by atoms with Gasteiger partial charge < -0.3 is 9.80 Å². The third-order valence-electron chi connectivity index (χ3n) is 6.58. The topological polar surface area (TPSA) is 57.7 Å². The van der Waals surface area contributed by atoms with E-state index in [-0.39, 0.29) is 29.8 Å². The van der Waals surface area contributed by atoms with Gasteiger partial charge in [-0.05, 0) is 30.4 Å². The Bertz CT molecular complexity index is 845. The molecule has 2 amide bonds. The summed E-state index contributed by atoms with van der Waals surface area (Å²) in [5.74, 6) is 0.263. The van der Waals surface area contributed by atoms with Crippen LogP contribution in [0.25, 0.3) is 0 Å². The van der Waals surface area contributed by atoms with Crippen LogP contribution in [0.3, 0.4) is 0 Å². The number of fused-ring (bicyclic) bond motifs is 1. The highest BCUT2D eigenvalue weighted by molar-refractivity contribution is 6.01. The Morgan fingerprint density at radius 1 is 1.32 bits per heavy atom. The lowest BCUT2D eigenvalue weighted by molar-refractivity contribution is -0.130. The Morgan fingerprint density at radius 3 is 2.88 bits per heavy atom. The second-order valence-corrected chi connectivity index (χ2v) is 7.65. The molecule has 0 radical (unpaired) electrons. The average molecular weight is 336 g/mol. The number of rotatable bonds is 1. The van der Waals surface area contributed by atoms with Crippen LogP contribution in [0.4, 0.5) is 5.69 Å². The van der Waals surface area contributed by atoms with Crippen LogP contribution in [0.2, 0.25) is 0 Å². The number of hydrogen-bond acceptors (Lipinski definition) is 3. The van der Waals surface area contributed by atoms with Crippen molar-refractivity contribution < 1.29 is 14.4 Å². The quantitative estimate of drug-likeness (QED) is 0.735. The van der Waals surface area contributed by atoms with Crippen molar-refractivity contribution in [2.75, 3.05) is 11.4 Å². The summed E-state index contributed by atoms with van der Waals surface area (Å²) in [6.45, 7) is 2.32. The first-order chi connectivity index (χ1) is 12.1. The zero-order valence-electron chi connectivity index (χ0n) is 14.1. The predicted molar refractivity (Wildman–Crippen MR) is 92.1 cm³/mol. The Labute approximate surface area is 146 Å². The molecule has 1 aromatic rings. The van der Waals surface area contributed by atoms with Crippen molar-refractivity contribution >= 4 is 23.8 Å². The third kappa shape index (κ3) is 1.61. The van der Waals surface area contributed by atoms with Gasteiger partial charge in [0.2, 0.25) is 11.8 Å². The summed E-state index contributed by atoms with van der Waals surface area (Å²) in [7, 11) is 0. The van der Waals surface area contributed by atoms with E-state index in [1.165, 1.54) is 0 Å². The van der Waals surface area contributed by atoms with Gasteiger partial charge in [-0.25, -0.2) is 0 Å². The fraction of sp³-hybridized carbons (Fsp3) is 0.450. The molecule has 0 N–H and O–H groups in total. The Balaban J connectivity index is 1.84. The number of amides is 2. The minimum absolute atomic E-state index is 0.0490. The summed E-state index contributed by atoms with van der Waals surface area (Å²) in [5, 5.41) is 0. The molecule has 2 fully saturated rings. The molecular weight excluding hydrogens is 316 g/mol. The molecule has 0 unspecified atom stereocenters. The summed E-state index contributed by atoms with van der Waals surface area (Å²) in [4.78, 5) is 41.1. The van der Waals surface area contributed by atoms with Gasteiger partial charge in [-0.3, -0.25) is 14.4 Å². The van der Waals surface area contributed by atoms with E-state index in [4.69, 9.17) is 0 Å². The molecule has 0 aromatic heterocycles. The van der Waals surface area contributed by atoms with Crippen molar-refractivity contribution in [2.45, 2.75) is 43.7 Å². The smallest absolute Gasteiger partial charge is 0.224 e. The minimum Gasteiger partial charge on any atom is -0.338 e. The van der Waals surface area contributed by atoms with Crippen LogP contribution in [-0.2, 0) is 19.8 Å². The van der Waals surface area contributed by atoms with Gasteiger partial charge in [-0.2, -0.15) is 0 Å².